The molecule has 5 nitrogen and oxygen atoms in total. The number of halogens is 1. The van der Waals surface area contributed by atoms with Crippen LogP contribution in [-0.2, 0) is 4.79 Å². The van der Waals surface area contributed by atoms with Crippen LogP contribution in [0.15, 0.2) is 18.2 Å². The van der Waals surface area contributed by atoms with Gasteiger partial charge in [0.25, 0.3) is 0 Å². The van der Waals surface area contributed by atoms with Crippen molar-refractivity contribution in [3.8, 4) is 0 Å². The van der Waals surface area contributed by atoms with Gasteiger partial charge in [-0.15, -0.1) is 0 Å². The van der Waals surface area contributed by atoms with Gasteiger partial charge in [0.05, 0.1) is 0 Å². The fourth-order valence-corrected chi connectivity index (χ4v) is 2.55. The Balaban J connectivity index is 1.91. The SMILES string of the molecule is Cc1cc(N2CC[C@@H](NC(=O)NCCC(C)C)C2=O)ccc1F. The van der Waals surface area contributed by atoms with E-state index in [1.54, 1.807) is 24.0 Å². The van der Waals surface area contributed by atoms with E-state index in [1.165, 1.54) is 6.07 Å². The quantitative estimate of drug-likeness (QED) is 0.875. The Morgan fingerprint density at radius 1 is 1.43 bits per heavy atom. The molecule has 1 aromatic rings. The topological polar surface area (TPSA) is 61.4 Å². The molecule has 0 bridgehead atoms. The van der Waals surface area contributed by atoms with Crippen molar-refractivity contribution in [1.82, 2.24) is 10.6 Å². The highest BCUT2D eigenvalue weighted by atomic mass is 19.1. The number of urea groups is 1. The van der Waals surface area contributed by atoms with E-state index in [0.717, 1.165) is 6.42 Å². The van der Waals surface area contributed by atoms with E-state index in [0.29, 0.717) is 36.7 Å². The van der Waals surface area contributed by atoms with E-state index in [9.17, 15) is 14.0 Å². The standard InChI is InChI=1S/C17H24FN3O2/c1-11(2)6-8-19-17(23)20-15-7-9-21(16(15)22)13-4-5-14(18)12(3)10-13/h4-5,10-11,15H,6-9H2,1-3H3,(H2,19,20,23)/t15-/m1/s1. The summed E-state index contributed by atoms with van der Waals surface area (Å²) in [6.07, 6.45) is 1.44. The zero-order chi connectivity index (χ0) is 17.0. The van der Waals surface area contributed by atoms with Crippen LogP contribution in [0.5, 0.6) is 0 Å². The van der Waals surface area contributed by atoms with E-state index >= 15 is 0 Å². The number of nitrogens with zero attached hydrogens (tertiary/aromatic N) is 1. The van der Waals surface area contributed by atoms with Crippen LogP contribution >= 0.6 is 0 Å². The van der Waals surface area contributed by atoms with Gasteiger partial charge in [0, 0.05) is 18.8 Å². The van der Waals surface area contributed by atoms with Crippen LogP contribution in [0.25, 0.3) is 0 Å². The third-order valence-corrected chi connectivity index (χ3v) is 3.97. The Bertz CT molecular complexity index is 589. The molecule has 23 heavy (non-hydrogen) atoms. The maximum absolute atomic E-state index is 13.3. The zero-order valence-electron chi connectivity index (χ0n) is 13.9. The fourth-order valence-electron chi connectivity index (χ4n) is 2.55. The van der Waals surface area contributed by atoms with Crippen LogP contribution in [0, 0.1) is 18.7 Å². The van der Waals surface area contributed by atoms with Crippen molar-refractivity contribution in [2.45, 2.75) is 39.7 Å². The van der Waals surface area contributed by atoms with Gasteiger partial charge in [0.15, 0.2) is 0 Å². The second-order valence-corrected chi connectivity index (χ2v) is 6.35. The minimum absolute atomic E-state index is 0.157. The lowest BCUT2D eigenvalue weighted by atomic mass is 10.1. The third kappa shape index (κ3) is 4.43. The smallest absolute Gasteiger partial charge is 0.315 e. The number of benzene rings is 1. The number of rotatable bonds is 5. The first kappa shape index (κ1) is 17.2. The van der Waals surface area contributed by atoms with Crippen molar-refractivity contribution in [1.29, 1.82) is 0 Å². The number of anilines is 1. The largest absolute Gasteiger partial charge is 0.338 e. The lowest BCUT2D eigenvalue weighted by molar-refractivity contribution is -0.118. The first-order valence-electron chi connectivity index (χ1n) is 8.00. The van der Waals surface area contributed by atoms with Gasteiger partial charge in [-0.3, -0.25) is 4.79 Å². The average Bonchev–Trinajstić information content (AvgIpc) is 2.83. The molecule has 1 aromatic carbocycles. The van der Waals surface area contributed by atoms with Gasteiger partial charge >= 0.3 is 6.03 Å². The molecule has 1 aliphatic rings. The van der Waals surface area contributed by atoms with Crippen molar-refractivity contribution in [2.75, 3.05) is 18.0 Å². The molecule has 6 heteroatoms. The summed E-state index contributed by atoms with van der Waals surface area (Å²) >= 11 is 0. The van der Waals surface area contributed by atoms with Crippen LogP contribution in [0.4, 0.5) is 14.9 Å². The predicted octanol–water partition coefficient (Wildman–Crippen LogP) is 2.58. The van der Waals surface area contributed by atoms with Gasteiger partial charge in [0.1, 0.15) is 11.9 Å². The number of aryl methyl sites for hydroxylation is 1. The number of carbonyl (C=O) groups excluding carboxylic acids is 2. The third-order valence-electron chi connectivity index (χ3n) is 3.97. The molecule has 0 aromatic heterocycles. The fraction of sp³-hybridized carbons (Fsp3) is 0.529. The maximum Gasteiger partial charge on any atom is 0.315 e. The molecule has 1 atom stereocenters. The van der Waals surface area contributed by atoms with Crippen LogP contribution < -0.4 is 15.5 Å². The van der Waals surface area contributed by atoms with Gasteiger partial charge < -0.3 is 15.5 Å². The zero-order valence-corrected chi connectivity index (χ0v) is 13.9. The number of hydrogen-bond acceptors (Lipinski definition) is 2. The van der Waals surface area contributed by atoms with Gasteiger partial charge in [-0.05, 0) is 49.4 Å². The van der Waals surface area contributed by atoms with Crippen LogP contribution in [0.3, 0.4) is 0 Å². The number of amides is 3. The Morgan fingerprint density at radius 3 is 2.83 bits per heavy atom. The second-order valence-electron chi connectivity index (χ2n) is 6.35. The van der Waals surface area contributed by atoms with E-state index in [2.05, 4.69) is 24.5 Å². The molecule has 126 valence electrons. The molecule has 2 N–H and O–H groups in total. The summed E-state index contributed by atoms with van der Waals surface area (Å²) < 4.78 is 13.3. The minimum Gasteiger partial charge on any atom is -0.338 e. The van der Waals surface area contributed by atoms with Gasteiger partial charge in [-0.1, -0.05) is 13.8 Å². The summed E-state index contributed by atoms with van der Waals surface area (Å²) in [5, 5.41) is 5.48. The van der Waals surface area contributed by atoms with Crippen LogP contribution in [0.2, 0.25) is 0 Å². The molecule has 2 rings (SSSR count). The molecule has 1 fully saturated rings. The average molecular weight is 321 g/mol. The summed E-state index contributed by atoms with van der Waals surface area (Å²) in [4.78, 5) is 25.8. The summed E-state index contributed by atoms with van der Waals surface area (Å²) in [6, 6.07) is 3.75. The maximum atomic E-state index is 13.3. The molecule has 3 amide bonds. The van der Waals surface area contributed by atoms with Crippen LogP contribution in [0.1, 0.15) is 32.3 Å². The molecule has 0 unspecified atom stereocenters. The molecule has 0 radical (unpaired) electrons. The Kier molecular flexibility index (Phi) is 5.58. The van der Waals surface area contributed by atoms with Crippen molar-refractivity contribution >= 4 is 17.6 Å². The molecule has 0 aliphatic carbocycles. The van der Waals surface area contributed by atoms with E-state index in [1.807, 2.05) is 0 Å². The molecular weight excluding hydrogens is 297 g/mol. The normalized spacial score (nSPS) is 17.7. The van der Waals surface area contributed by atoms with Crippen LogP contribution in [-0.4, -0.2) is 31.1 Å². The van der Waals surface area contributed by atoms with Crippen molar-refractivity contribution in [3.63, 3.8) is 0 Å². The molecule has 1 saturated heterocycles. The van der Waals surface area contributed by atoms with Crippen molar-refractivity contribution in [3.05, 3.63) is 29.6 Å². The highest BCUT2D eigenvalue weighted by Crippen LogP contribution is 2.23. The highest BCUT2D eigenvalue weighted by molar-refractivity contribution is 6.01. The molecule has 0 saturated carbocycles. The number of carbonyl (C=O) groups is 2. The number of hydrogen-bond donors (Lipinski definition) is 2. The van der Waals surface area contributed by atoms with Crippen molar-refractivity contribution < 1.29 is 14.0 Å². The monoisotopic (exact) mass is 321 g/mol. The Hall–Kier alpha value is -2.11. The van der Waals surface area contributed by atoms with Crippen molar-refractivity contribution in [2.24, 2.45) is 5.92 Å². The molecule has 1 heterocycles. The summed E-state index contributed by atoms with van der Waals surface area (Å²) in [5.74, 6) is 0.0650. The summed E-state index contributed by atoms with van der Waals surface area (Å²) in [7, 11) is 0. The summed E-state index contributed by atoms with van der Waals surface area (Å²) in [6.45, 7) is 6.94. The Labute approximate surface area is 136 Å². The molecule has 1 aliphatic heterocycles. The minimum atomic E-state index is -0.528. The second kappa shape index (κ2) is 7.44. The summed E-state index contributed by atoms with van der Waals surface area (Å²) in [5.41, 5.74) is 1.16. The van der Waals surface area contributed by atoms with Gasteiger partial charge in [-0.25, -0.2) is 9.18 Å². The molecule has 0 spiro atoms. The first-order chi connectivity index (χ1) is 10.9. The van der Waals surface area contributed by atoms with Gasteiger partial charge in [-0.2, -0.15) is 0 Å². The Morgan fingerprint density at radius 2 is 2.17 bits per heavy atom. The molecular formula is C17H24FN3O2. The van der Waals surface area contributed by atoms with E-state index < -0.39 is 6.04 Å². The lowest BCUT2D eigenvalue weighted by Crippen LogP contribution is -2.46. The predicted molar refractivity (Wildman–Crippen MR) is 87.9 cm³/mol. The van der Waals surface area contributed by atoms with E-state index in [4.69, 9.17) is 0 Å². The lowest BCUT2D eigenvalue weighted by Gasteiger charge is -2.18. The highest BCUT2D eigenvalue weighted by Gasteiger charge is 2.33. The first-order valence-corrected chi connectivity index (χ1v) is 8.00. The van der Waals surface area contributed by atoms with E-state index in [-0.39, 0.29) is 17.8 Å². The van der Waals surface area contributed by atoms with Gasteiger partial charge in [0.2, 0.25) is 5.91 Å². The number of nitrogens with one attached hydrogen (secondary N) is 2.